The van der Waals surface area contributed by atoms with Crippen molar-refractivity contribution >= 4 is 28.4 Å². The zero-order valence-corrected chi connectivity index (χ0v) is 20.1. The number of hydrogen-bond acceptors (Lipinski definition) is 3. The summed E-state index contributed by atoms with van der Waals surface area (Å²) in [5.74, 6) is -0.279. The molecule has 0 fully saturated rings. The van der Waals surface area contributed by atoms with Crippen LogP contribution in [0.15, 0.2) is 89.9 Å². The predicted octanol–water partition coefficient (Wildman–Crippen LogP) is 5.61. The summed E-state index contributed by atoms with van der Waals surface area (Å²) in [6.45, 7) is 2.23. The van der Waals surface area contributed by atoms with Gasteiger partial charge in [0.15, 0.2) is 5.43 Å². The van der Waals surface area contributed by atoms with Crippen molar-refractivity contribution in [1.29, 1.82) is 0 Å². The van der Waals surface area contributed by atoms with E-state index < -0.39 is 0 Å². The van der Waals surface area contributed by atoms with Crippen molar-refractivity contribution in [1.82, 2.24) is 19.7 Å². The second-order valence-corrected chi connectivity index (χ2v) is 8.98. The third-order valence-corrected chi connectivity index (χ3v) is 6.15. The fourth-order valence-corrected chi connectivity index (χ4v) is 4.22. The summed E-state index contributed by atoms with van der Waals surface area (Å²) in [6, 6.07) is 24.2. The zero-order chi connectivity index (χ0) is 24.5. The summed E-state index contributed by atoms with van der Waals surface area (Å²) >= 11 is 6.09. The van der Waals surface area contributed by atoms with Crippen LogP contribution < -0.4 is 5.43 Å². The quantitative estimate of drug-likeness (QED) is 0.353. The average Bonchev–Trinajstić information content (AvgIpc) is 3.28. The molecule has 2 aromatic heterocycles. The molecule has 0 aliphatic rings. The van der Waals surface area contributed by atoms with Crippen LogP contribution in [0, 0.1) is 6.92 Å². The zero-order valence-electron chi connectivity index (χ0n) is 19.3. The van der Waals surface area contributed by atoms with Gasteiger partial charge in [-0.1, -0.05) is 53.6 Å². The van der Waals surface area contributed by atoms with E-state index in [0.29, 0.717) is 22.5 Å². The molecule has 0 saturated carbocycles. The number of benzene rings is 3. The van der Waals surface area contributed by atoms with Crippen LogP contribution in [-0.4, -0.2) is 32.6 Å². The number of halogens is 1. The molecule has 6 nitrogen and oxygen atoms in total. The number of nitrogens with one attached hydrogen (secondary N) is 1. The van der Waals surface area contributed by atoms with E-state index >= 15 is 0 Å². The molecule has 0 bridgehead atoms. The van der Waals surface area contributed by atoms with Crippen LogP contribution in [0.3, 0.4) is 0 Å². The maximum absolute atomic E-state index is 13.3. The van der Waals surface area contributed by atoms with Gasteiger partial charge in [0.1, 0.15) is 5.69 Å². The lowest BCUT2D eigenvalue weighted by Crippen LogP contribution is -2.28. The molecule has 0 aliphatic carbocycles. The Labute approximate surface area is 207 Å². The fraction of sp³-hybridized carbons (Fsp3) is 0.107. The third-order valence-electron chi connectivity index (χ3n) is 5.90. The number of H-pyrrole nitrogens is 1. The maximum Gasteiger partial charge on any atom is 0.270 e. The molecule has 0 unspecified atom stereocenters. The number of aromatic nitrogens is 3. The molecule has 0 aliphatic heterocycles. The van der Waals surface area contributed by atoms with Gasteiger partial charge < -0.3 is 9.88 Å². The van der Waals surface area contributed by atoms with Gasteiger partial charge in [0.2, 0.25) is 0 Å². The molecule has 1 N–H and O–H groups in total. The van der Waals surface area contributed by atoms with Gasteiger partial charge in [-0.2, -0.15) is 5.10 Å². The summed E-state index contributed by atoms with van der Waals surface area (Å²) < 4.78 is 1.80. The first-order chi connectivity index (χ1) is 16.9. The van der Waals surface area contributed by atoms with Crippen molar-refractivity contribution in [3.63, 3.8) is 0 Å². The highest BCUT2D eigenvalue weighted by Gasteiger charge is 2.19. The maximum atomic E-state index is 13.3. The first kappa shape index (κ1) is 22.6. The van der Waals surface area contributed by atoms with Gasteiger partial charge in [0.25, 0.3) is 5.91 Å². The summed E-state index contributed by atoms with van der Waals surface area (Å²) in [5, 5.41) is 6.01. The van der Waals surface area contributed by atoms with Gasteiger partial charge >= 0.3 is 0 Å². The SMILES string of the molecule is Cc1ccc2[nH]c(C(=O)N(C)Cc3cn(-c4ccccc4)nc3-c3ccc(Cl)cc3)cc(=O)c2c1. The van der Waals surface area contributed by atoms with Crippen molar-refractivity contribution in [2.45, 2.75) is 13.5 Å². The van der Waals surface area contributed by atoms with Crippen molar-refractivity contribution in [3.05, 3.63) is 117 Å². The Morgan fingerprint density at radius 2 is 1.77 bits per heavy atom. The largest absolute Gasteiger partial charge is 0.350 e. The van der Waals surface area contributed by atoms with Gasteiger partial charge in [0.05, 0.1) is 11.4 Å². The lowest BCUT2D eigenvalue weighted by atomic mass is 10.1. The number of rotatable bonds is 5. The Kier molecular flexibility index (Phi) is 5.97. The van der Waals surface area contributed by atoms with Crippen LogP contribution in [0.2, 0.25) is 5.02 Å². The molecule has 0 saturated heterocycles. The van der Waals surface area contributed by atoms with Crippen LogP contribution in [0.1, 0.15) is 21.6 Å². The monoisotopic (exact) mass is 482 g/mol. The van der Waals surface area contributed by atoms with E-state index in [1.165, 1.54) is 6.07 Å². The molecule has 35 heavy (non-hydrogen) atoms. The minimum absolute atomic E-state index is 0.182. The summed E-state index contributed by atoms with van der Waals surface area (Å²) in [4.78, 5) is 30.6. The minimum atomic E-state index is -0.279. The van der Waals surface area contributed by atoms with E-state index in [2.05, 4.69) is 4.98 Å². The number of para-hydroxylation sites is 1. The minimum Gasteiger partial charge on any atom is -0.350 e. The summed E-state index contributed by atoms with van der Waals surface area (Å²) in [5.41, 5.74) is 5.13. The molecule has 0 atom stereocenters. The van der Waals surface area contributed by atoms with Crippen LogP contribution in [0.5, 0.6) is 0 Å². The molecule has 0 radical (unpaired) electrons. The van der Waals surface area contributed by atoms with E-state index in [4.69, 9.17) is 16.7 Å². The first-order valence-corrected chi connectivity index (χ1v) is 11.6. The lowest BCUT2D eigenvalue weighted by molar-refractivity contribution is 0.0780. The Balaban J connectivity index is 1.50. The molecule has 3 aromatic carbocycles. The van der Waals surface area contributed by atoms with Gasteiger partial charge in [-0.15, -0.1) is 0 Å². The topological polar surface area (TPSA) is 71.0 Å². The van der Waals surface area contributed by atoms with E-state index in [1.807, 2.05) is 85.9 Å². The van der Waals surface area contributed by atoms with Crippen LogP contribution >= 0.6 is 11.6 Å². The van der Waals surface area contributed by atoms with E-state index in [9.17, 15) is 9.59 Å². The van der Waals surface area contributed by atoms with Crippen molar-refractivity contribution < 1.29 is 4.79 Å². The fourth-order valence-electron chi connectivity index (χ4n) is 4.10. The Bertz CT molecular complexity index is 1590. The van der Waals surface area contributed by atoms with Gasteiger partial charge in [-0.25, -0.2) is 4.68 Å². The molecule has 7 heteroatoms. The Morgan fingerprint density at radius 3 is 2.51 bits per heavy atom. The normalized spacial score (nSPS) is 11.1. The van der Waals surface area contributed by atoms with E-state index in [-0.39, 0.29) is 17.0 Å². The van der Waals surface area contributed by atoms with Gasteiger partial charge in [-0.05, 0) is 43.3 Å². The standard InChI is InChI=1S/C28H23ClN4O2/c1-18-8-13-24-23(14-18)26(34)15-25(30-24)28(35)32(2)16-20-17-33(22-6-4-3-5-7-22)31-27(20)19-9-11-21(29)12-10-19/h3-15,17H,16H2,1-2H3,(H,30,34). The highest BCUT2D eigenvalue weighted by atomic mass is 35.5. The smallest absolute Gasteiger partial charge is 0.270 e. The van der Waals surface area contributed by atoms with Crippen LogP contribution in [-0.2, 0) is 6.54 Å². The number of aromatic amines is 1. The average molecular weight is 483 g/mol. The lowest BCUT2D eigenvalue weighted by Gasteiger charge is -2.17. The van der Waals surface area contributed by atoms with Crippen molar-refractivity contribution in [2.24, 2.45) is 0 Å². The number of fused-ring (bicyclic) bond motifs is 1. The van der Waals surface area contributed by atoms with Gasteiger partial charge in [-0.3, -0.25) is 9.59 Å². The third kappa shape index (κ3) is 4.61. The van der Waals surface area contributed by atoms with Crippen molar-refractivity contribution in [3.8, 4) is 16.9 Å². The van der Waals surface area contributed by atoms with Gasteiger partial charge in [0, 0.05) is 52.9 Å². The second-order valence-electron chi connectivity index (χ2n) is 8.55. The highest BCUT2D eigenvalue weighted by Crippen LogP contribution is 2.26. The van der Waals surface area contributed by atoms with Crippen molar-refractivity contribution in [2.75, 3.05) is 7.05 Å². The molecule has 2 heterocycles. The van der Waals surface area contributed by atoms with E-state index in [1.54, 1.807) is 16.6 Å². The number of carbonyl (C=O) groups is 1. The number of amides is 1. The molecular weight excluding hydrogens is 460 g/mol. The number of nitrogens with zero attached hydrogens (tertiary/aromatic N) is 3. The number of pyridine rings is 1. The second kappa shape index (κ2) is 9.24. The molecule has 174 valence electrons. The Morgan fingerprint density at radius 1 is 1.03 bits per heavy atom. The summed E-state index contributed by atoms with van der Waals surface area (Å²) in [7, 11) is 1.71. The Hall–Kier alpha value is -4.16. The number of aryl methyl sites for hydroxylation is 1. The molecule has 1 amide bonds. The highest BCUT2D eigenvalue weighted by molar-refractivity contribution is 6.30. The van der Waals surface area contributed by atoms with Crippen LogP contribution in [0.4, 0.5) is 0 Å². The first-order valence-electron chi connectivity index (χ1n) is 11.2. The number of hydrogen-bond donors (Lipinski definition) is 1. The summed E-state index contributed by atoms with van der Waals surface area (Å²) in [6.07, 6.45) is 1.93. The molecule has 0 spiro atoms. The number of carbonyl (C=O) groups excluding carboxylic acids is 1. The molecular formula is C28H23ClN4O2. The van der Waals surface area contributed by atoms with E-state index in [0.717, 1.165) is 28.1 Å². The molecule has 5 aromatic rings. The van der Waals surface area contributed by atoms with Crippen LogP contribution in [0.25, 0.3) is 27.8 Å². The molecule has 5 rings (SSSR count). The predicted molar refractivity (Wildman–Crippen MR) is 139 cm³/mol.